The molecule has 2 heterocycles. The highest BCUT2D eigenvalue weighted by atomic mass is 16.5. The van der Waals surface area contributed by atoms with Gasteiger partial charge >= 0.3 is 5.97 Å². The van der Waals surface area contributed by atoms with Gasteiger partial charge in [-0.1, -0.05) is 55.8 Å². The van der Waals surface area contributed by atoms with Crippen LogP contribution >= 0.6 is 0 Å². The van der Waals surface area contributed by atoms with Crippen molar-refractivity contribution in [3.05, 3.63) is 140 Å². The molecular formula is C37H33NO6. The van der Waals surface area contributed by atoms with Crippen LogP contribution in [0.2, 0.25) is 0 Å². The molecule has 7 heteroatoms. The van der Waals surface area contributed by atoms with E-state index in [-0.39, 0.29) is 16.8 Å². The first kappa shape index (κ1) is 28.9. The lowest BCUT2D eigenvalue weighted by atomic mass is 9.97. The summed E-state index contributed by atoms with van der Waals surface area (Å²) in [6.07, 6.45) is 1.71. The van der Waals surface area contributed by atoms with E-state index in [4.69, 9.17) is 13.9 Å². The number of benzene rings is 4. The van der Waals surface area contributed by atoms with Gasteiger partial charge in [-0.05, 0) is 91.1 Å². The molecule has 5 aromatic rings. The van der Waals surface area contributed by atoms with E-state index in [9.17, 15) is 14.4 Å². The quantitative estimate of drug-likeness (QED) is 0.130. The van der Waals surface area contributed by atoms with Gasteiger partial charge in [-0.3, -0.25) is 14.5 Å². The van der Waals surface area contributed by atoms with Gasteiger partial charge in [0.1, 0.15) is 17.9 Å². The van der Waals surface area contributed by atoms with Gasteiger partial charge in [-0.2, -0.15) is 0 Å². The number of carbonyl (C=O) groups excluding carboxylic acids is 2. The molecule has 1 unspecified atom stereocenters. The highest BCUT2D eigenvalue weighted by Gasteiger charge is 2.43. The lowest BCUT2D eigenvalue weighted by Gasteiger charge is -2.25. The minimum atomic E-state index is -0.745. The second-order valence-corrected chi connectivity index (χ2v) is 11.1. The first-order valence-electron chi connectivity index (χ1n) is 14.8. The van der Waals surface area contributed by atoms with Crippen LogP contribution in [0.5, 0.6) is 5.75 Å². The van der Waals surface area contributed by atoms with Crippen LogP contribution in [0.4, 0.5) is 5.69 Å². The third kappa shape index (κ3) is 5.49. The van der Waals surface area contributed by atoms with Crippen LogP contribution in [-0.2, 0) is 11.3 Å². The molecule has 0 saturated heterocycles. The molecule has 0 saturated carbocycles. The van der Waals surface area contributed by atoms with Crippen molar-refractivity contribution in [1.82, 2.24) is 0 Å². The van der Waals surface area contributed by atoms with Gasteiger partial charge in [0.2, 0.25) is 5.76 Å². The summed E-state index contributed by atoms with van der Waals surface area (Å²) in [6, 6.07) is 26.8. The van der Waals surface area contributed by atoms with E-state index in [0.717, 1.165) is 35.1 Å². The standard InChI is InChI=1S/C37H33NO6/c1-4-5-19-42-37(41)27-11-15-28(16-12-27)38-33(26-13-17-29(18-14-26)43-22-25-9-7-6-8-10-25)32-34(39)30-20-23(2)24(3)21-31(30)44-35(32)36(38)40/h6-18,20-21,33H,4-5,19,22H2,1-3H3. The predicted molar refractivity (Wildman–Crippen MR) is 169 cm³/mol. The number of carbonyl (C=O) groups is 2. The minimum Gasteiger partial charge on any atom is -0.489 e. The third-order valence-corrected chi connectivity index (χ3v) is 8.04. The molecule has 1 aliphatic heterocycles. The fourth-order valence-corrected chi connectivity index (χ4v) is 5.45. The van der Waals surface area contributed by atoms with Gasteiger partial charge in [0.15, 0.2) is 5.43 Å². The molecule has 0 spiro atoms. The van der Waals surface area contributed by atoms with Crippen LogP contribution in [0.15, 0.2) is 100 Å². The molecule has 0 radical (unpaired) electrons. The Bertz CT molecular complexity index is 1890. The van der Waals surface area contributed by atoms with Crippen LogP contribution in [0, 0.1) is 13.8 Å². The zero-order valence-electron chi connectivity index (χ0n) is 25.0. The van der Waals surface area contributed by atoms with Crippen LogP contribution in [0.25, 0.3) is 11.0 Å². The lowest BCUT2D eigenvalue weighted by molar-refractivity contribution is 0.0499. The van der Waals surface area contributed by atoms with Gasteiger partial charge in [-0.25, -0.2) is 4.79 Å². The molecule has 4 aromatic carbocycles. The summed E-state index contributed by atoms with van der Waals surface area (Å²) in [6.45, 7) is 6.68. The molecule has 1 aromatic heterocycles. The monoisotopic (exact) mass is 587 g/mol. The number of hydrogen-bond donors (Lipinski definition) is 0. The molecule has 6 rings (SSSR count). The van der Waals surface area contributed by atoms with Crippen molar-refractivity contribution in [3.8, 4) is 5.75 Å². The Morgan fingerprint density at radius 1 is 0.886 bits per heavy atom. The number of anilines is 1. The Labute approximate surface area is 255 Å². The summed E-state index contributed by atoms with van der Waals surface area (Å²) in [5.74, 6) is -0.165. The Morgan fingerprint density at radius 2 is 1.59 bits per heavy atom. The Morgan fingerprint density at radius 3 is 2.30 bits per heavy atom. The van der Waals surface area contributed by atoms with Crippen molar-refractivity contribution in [3.63, 3.8) is 0 Å². The normalized spacial score (nSPS) is 14.1. The summed E-state index contributed by atoms with van der Waals surface area (Å²) in [4.78, 5) is 42.2. The average Bonchev–Trinajstić information content (AvgIpc) is 3.34. The fourth-order valence-electron chi connectivity index (χ4n) is 5.45. The maximum Gasteiger partial charge on any atom is 0.338 e. The van der Waals surface area contributed by atoms with E-state index < -0.39 is 17.9 Å². The van der Waals surface area contributed by atoms with Crippen LogP contribution in [0.1, 0.15) is 74.5 Å². The number of unbranched alkanes of at least 4 members (excludes halogenated alkanes) is 1. The number of esters is 1. The number of ether oxygens (including phenoxy) is 2. The van der Waals surface area contributed by atoms with E-state index in [1.807, 2.05) is 81.4 Å². The van der Waals surface area contributed by atoms with Crippen LogP contribution in [-0.4, -0.2) is 18.5 Å². The molecule has 7 nitrogen and oxygen atoms in total. The maximum absolute atomic E-state index is 14.1. The molecule has 1 atom stereocenters. The van der Waals surface area contributed by atoms with Crippen LogP contribution in [0.3, 0.4) is 0 Å². The van der Waals surface area contributed by atoms with Crippen LogP contribution < -0.4 is 15.1 Å². The second-order valence-electron chi connectivity index (χ2n) is 11.1. The highest BCUT2D eigenvalue weighted by molar-refractivity contribution is 6.11. The molecule has 0 bridgehead atoms. The lowest BCUT2D eigenvalue weighted by Crippen LogP contribution is -2.29. The summed E-state index contributed by atoms with van der Waals surface area (Å²) in [7, 11) is 0. The minimum absolute atomic E-state index is 0.0169. The van der Waals surface area contributed by atoms with Crippen molar-refractivity contribution >= 4 is 28.5 Å². The van der Waals surface area contributed by atoms with E-state index in [1.165, 1.54) is 0 Å². The number of hydrogen-bond acceptors (Lipinski definition) is 6. The first-order valence-corrected chi connectivity index (χ1v) is 14.8. The molecule has 0 fully saturated rings. The van der Waals surface area contributed by atoms with Crippen molar-refractivity contribution in [2.75, 3.05) is 11.5 Å². The maximum atomic E-state index is 14.1. The Kier molecular flexibility index (Phi) is 8.03. The summed E-state index contributed by atoms with van der Waals surface area (Å²) < 4.78 is 17.5. The zero-order valence-corrected chi connectivity index (χ0v) is 25.0. The first-order chi connectivity index (χ1) is 21.4. The zero-order chi connectivity index (χ0) is 30.8. The molecule has 222 valence electrons. The van der Waals surface area contributed by atoms with Crippen molar-refractivity contribution in [1.29, 1.82) is 0 Å². The molecule has 0 N–H and O–H groups in total. The molecule has 1 amide bonds. The van der Waals surface area contributed by atoms with E-state index in [0.29, 0.717) is 41.2 Å². The van der Waals surface area contributed by atoms with Gasteiger partial charge in [-0.15, -0.1) is 0 Å². The van der Waals surface area contributed by atoms with E-state index >= 15 is 0 Å². The largest absolute Gasteiger partial charge is 0.489 e. The Hall–Kier alpha value is -5.17. The van der Waals surface area contributed by atoms with Crippen molar-refractivity contribution in [2.45, 2.75) is 46.3 Å². The number of rotatable bonds is 9. The molecular weight excluding hydrogens is 554 g/mol. The topological polar surface area (TPSA) is 86.0 Å². The van der Waals surface area contributed by atoms with Gasteiger partial charge in [0, 0.05) is 5.69 Å². The molecule has 44 heavy (non-hydrogen) atoms. The summed E-state index contributed by atoms with van der Waals surface area (Å²) >= 11 is 0. The molecule has 1 aliphatic rings. The number of aryl methyl sites for hydroxylation is 2. The smallest absolute Gasteiger partial charge is 0.338 e. The number of fused-ring (bicyclic) bond motifs is 2. The van der Waals surface area contributed by atoms with Crippen molar-refractivity contribution in [2.24, 2.45) is 0 Å². The van der Waals surface area contributed by atoms with Gasteiger partial charge in [0.05, 0.1) is 29.2 Å². The molecule has 0 aliphatic carbocycles. The summed E-state index contributed by atoms with van der Waals surface area (Å²) in [5, 5.41) is 0.430. The fraction of sp³-hybridized carbons (Fsp3) is 0.216. The van der Waals surface area contributed by atoms with E-state index in [1.54, 1.807) is 35.2 Å². The highest BCUT2D eigenvalue weighted by Crippen LogP contribution is 2.42. The van der Waals surface area contributed by atoms with Gasteiger partial charge in [0.25, 0.3) is 5.91 Å². The van der Waals surface area contributed by atoms with E-state index in [2.05, 4.69) is 0 Å². The Balaban J connectivity index is 1.39. The summed E-state index contributed by atoms with van der Waals surface area (Å²) in [5.41, 5.74) is 5.02. The van der Waals surface area contributed by atoms with Crippen molar-refractivity contribution < 1.29 is 23.5 Å². The average molecular weight is 588 g/mol. The second kappa shape index (κ2) is 12.2. The van der Waals surface area contributed by atoms with Gasteiger partial charge < -0.3 is 13.9 Å². The SMILES string of the molecule is CCCCOC(=O)c1ccc(N2C(=O)c3oc4cc(C)c(C)cc4c(=O)c3C2c2ccc(OCc3ccccc3)cc2)cc1. The number of nitrogens with zero attached hydrogens (tertiary/aromatic N) is 1. The predicted octanol–water partition coefficient (Wildman–Crippen LogP) is 7.70. The number of amides is 1. The third-order valence-electron chi connectivity index (χ3n) is 8.04.